The smallest absolute Gasteiger partial charge is 0.223 e. The van der Waals surface area contributed by atoms with Crippen LogP contribution in [0.2, 0.25) is 0 Å². The number of rotatable bonds is 6. The van der Waals surface area contributed by atoms with Gasteiger partial charge in [0.15, 0.2) is 0 Å². The normalized spacial score (nSPS) is 33.1. The minimum Gasteiger partial charge on any atom is -0.395 e. The summed E-state index contributed by atoms with van der Waals surface area (Å²) < 4.78 is 0. The average Bonchev–Trinajstić information content (AvgIpc) is 2.77. The molecule has 2 aliphatic rings. The predicted molar refractivity (Wildman–Crippen MR) is 122 cm³/mol. The van der Waals surface area contributed by atoms with E-state index in [9.17, 15) is 25.2 Å². The molecule has 1 aliphatic carbocycles. The Morgan fingerprint density at radius 3 is 2.00 bits per heavy atom. The minimum atomic E-state index is -1.27. The third-order valence-corrected chi connectivity index (χ3v) is 7.49. The standard InChI is InChI=1S/C24H46N2O5/c1-17(14-18(2)26-15-20(28)22(30)21(29)19(26)16-27)23(31)25-24(3)12-10-8-6-4-5-7-9-11-13-24/h17-22,27-30H,4-16H2,1-3H3,(H,25,31). The van der Waals surface area contributed by atoms with Gasteiger partial charge in [0.1, 0.15) is 12.2 Å². The third kappa shape index (κ3) is 7.67. The Hall–Kier alpha value is -0.730. The second-order valence-corrected chi connectivity index (χ2v) is 10.4. The number of nitrogens with one attached hydrogen (secondary N) is 1. The van der Waals surface area contributed by atoms with Gasteiger partial charge in [-0.05, 0) is 33.1 Å². The van der Waals surface area contributed by atoms with E-state index in [1.165, 1.54) is 38.5 Å². The summed E-state index contributed by atoms with van der Waals surface area (Å²) >= 11 is 0. The minimum absolute atomic E-state index is 0.0444. The predicted octanol–water partition coefficient (Wildman–Crippen LogP) is 1.95. The highest BCUT2D eigenvalue weighted by molar-refractivity contribution is 5.79. The van der Waals surface area contributed by atoms with Crippen molar-refractivity contribution >= 4 is 5.91 Å². The van der Waals surface area contributed by atoms with Gasteiger partial charge >= 0.3 is 0 Å². The van der Waals surface area contributed by atoms with Crippen molar-refractivity contribution < 1.29 is 25.2 Å². The van der Waals surface area contributed by atoms with Crippen molar-refractivity contribution in [2.75, 3.05) is 13.2 Å². The number of aliphatic hydroxyl groups excluding tert-OH is 4. The Labute approximate surface area is 188 Å². The zero-order valence-electron chi connectivity index (χ0n) is 19.8. The van der Waals surface area contributed by atoms with Crippen LogP contribution >= 0.6 is 0 Å². The second kappa shape index (κ2) is 12.5. The molecule has 0 aromatic carbocycles. The summed E-state index contributed by atoms with van der Waals surface area (Å²) in [6, 6.07) is -0.779. The number of aliphatic hydroxyl groups is 4. The molecule has 1 aliphatic heterocycles. The fourth-order valence-electron chi connectivity index (χ4n) is 5.35. The summed E-state index contributed by atoms with van der Waals surface area (Å²) in [6.07, 6.45) is 8.97. The zero-order valence-corrected chi connectivity index (χ0v) is 19.8. The summed E-state index contributed by atoms with van der Waals surface area (Å²) in [5.41, 5.74) is -0.172. The van der Waals surface area contributed by atoms with E-state index < -0.39 is 24.4 Å². The van der Waals surface area contributed by atoms with Gasteiger partial charge in [0.2, 0.25) is 5.91 Å². The Bertz CT molecular complexity index is 534. The highest BCUT2D eigenvalue weighted by Gasteiger charge is 2.43. The van der Waals surface area contributed by atoms with Gasteiger partial charge in [-0.2, -0.15) is 0 Å². The lowest BCUT2D eigenvalue weighted by Gasteiger charge is -2.46. The lowest BCUT2D eigenvalue weighted by atomic mass is 9.87. The molecule has 1 amide bonds. The molecule has 7 nitrogen and oxygen atoms in total. The Morgan fingerprint density at radius 2 is 1.48 bits per heavy atom. The van der Waals surface area contributed by atoms with Crippen molar-refractivity contribution in [2.45, 2.75) is 127 Å². The van der Waals surface area contributed by atoms with E-state index in [2.05, 4.69) is 12.2 Å². The van der Waals surface area contributed by atoms with Crippen molar-refractivity contribution in [1.82, 2.24) is 10.2 Å². The number of carbonyl (C=O) groups is 1. The van der Waals surface area contributed by atoms with E-state index in [0.29, 0.717) is 6.42 Å². The van der Waals surface area contributed by atoms with Gasteiger partial charge in [-0.1, -0.05) is 58.3 Å². The van der Waals surface area contributed by atoms with E-state index >= 15 is 0 Å². The lowest BCUT2D eigenvalue weighted by Crippen LogP contribution is -2.64. The molecule has 2 fully saturated rings. The number of amides is 1. The number of likely N-dealkylation sites (tertiary alicyclic amines) is 1. The quantitative estimate of drug-likeness (QED) is 0.430. The Morgan fingerprint density at radius 1 is 0.968 bits per heavy atom. The van der Waals surface area contributed by atoms with Gasteiger partial charge in [0, 0.05) is 24.0 Å². The van der Waals surface area contributed by atoms with Crippen molar-refractivity contribution in [2.24, 2.45) is 5.92 Å². The maximum atomic E-state index is 13.1. The number of β-amino-alcohol motifs (C(OH)–C–C–N with tert-alkyl or cyclic N) is 1. The van der Waals surface area contributed by atoms with E-state index in [1.807, 2.05) is 18.7 Å². The van der Waals surface area contributed by atoms with Crippen LogP contribution in [0.5, 0.6) is 0 Å². The number of carbonyl (C=O) groups excluding carboxylic acids is 1. The molecule has 31 heavy (non-hydrogen) atoms. The maximum Gasteiger partial charge on any atom is 0.223 e. The molecule has 2 rings (SSSR count). The van der Waals surface area contributed by atoms with Gasteiger partial charge in [-0.25, -0.2) is 0 Å². The van der Waals surface area contributed by atoms with Crippen molar-refractivity contribution in [3.63, 3.8) is 0 Å². The van der Waals surface area contributed by atoms with Gasteiger partial charge in [0.25, 0.3) is 0 Å². The summed E-state index contributed by atoms with van der Waals surface area (Å²) in [4.78, 5) is 14.9. The first-order valence-corrected chi connectivity index (χ1v) is 12.4. The molecule has 1 heterocycles. The molecule has 0 bridgehead atoms. The Balaban J connectivity index is 1.94. The maximum absolute atomic E-state index is 13.1. The molecular formula is C24H46N2O5. The highest BCUT2D eigenvalue weighted by Crippen LogP contribution is 2.27. The van der Waals surface area contributed by atoms with Gasteiger partial charge in [0.05, 0.1) is 18.8 Å². The van der Waals surface area contributed by atoms with Crippen LogP contribution in [0.3, 0.4) is 0 Å². The molecule has 6 unspecified atom stereocenters. The summed E-state index contributed by atoms with van der Waals surface area (Å²) in [6.45, 7) is 5.89. The van der Waals surface area contributed by atoms with Crippen LogP contribution in [0.15, 0.2) is 0 Å². The van der Waals surface area contributed by atoms with E-state index in [4.69, 9.17) is 0 Å². The van der Waals surface area contributed by atoms with Crippen LogP contribution in [0.1, 0.15) is 91.4 Å². The highest BCUT2D eigenvalue weighted by atomic mass is 16.4. The largest absolute Gasteiger partial charge is 0.395 e. The molecule has 0 radical (unpaired) electrons. The van der Waals surface area contributed by atoms with Gasteiger partial charge in [-0.15, -0.1) is 0 Å². The fourth-order valence-corrected chi connectivity index (χ4v) is 5.35. The molecule has 1 saturated carbocycles. The average molecular weight is 443 g/mol. The van der Waals surface area contributed by atoms with E-state index in [-0.39, 0.29) is 36.6 Å². The molecular weight excluding hydrogens is 396 g/mol. The van der Waals surface area contributed by atoms with Crippen LogP contribution in [0, 0.1) is 5.92 Å². The van der Waals surface area contributed by atoms with Crippen LogP contribution in [0.25, 0.3) is 0 Å². The summed E-state index contributed by atoms with van der Waals surface area (Å²) in [5.74, 6) is -0.187. The van der Waals surface area contributed by atoms with Crippen LogP contribution in [-0.4, -0.2) is 80.3 Å². The van der Waals surface area contributed by atoms with Crippen LogP contribution < -0.4 is 5.32 Å². The topological polar surface area (TPSA) is 113 Å². The first-order chi connectivity index (χ1) is 14.7. The monoisotopic (exact) mass is 442 g/mol. The van der Waals surface area contributed by atoms with E-state index in [0.717, 1.165) is 25.7 Å². The molecule has 5 N–H and O–H groups in total. The van der Waals surface area contributed by atoms with Crippen LogP contribution in [0.4, 0.5) is 0 Å². The van der Waals surface area contributed by atoms with Crippen molar-refractivity contribution in [3.05, 3.63) is 0 Å². The van der Waals surface area contributed by atoms with Crippen molar-refractivity contribution in [1.29, 1.82) is 0 Å². The zero-order chi connectivity index (χ0) is 23.0. The molecule has 7 heteroatoms. The number of hydrogen-bond acceptors (Lipinski definition) is 6. The van der Waals surface area contributed by atoms with Crippen LogP contribution in [-0.2, 0) is 4.79 Å². The summed E-state index contributed by atoms with van der Waals surface area (Å²) in [7, 11) is 0. The molecule has 182 valence electrons. The number of hydrogen-bond donors (Lipinski definition) is 5. The van der Waals surface area contributed by atoms with Crippen molar-refractivity contribution in [3.8, 4) is 0 Å². The Kier molecular flexibility index (Phi) is 10.7. The molecule has 0 spiro atoms. The molecule has 6 atom stereocenters. The SMILES string of the molecule is CC(CC(C)N1CC(O)C(O)C(O)C1CO)C(=O)NC1(C)CCCCCCCCCC1. The fraction of sp³-hybridized carbons (Fsp3) is 0.958. The van der Waals surface area contributed by atoms with Gasteiger partial charge in [-0.3, -0.25) is 9.69 Å². The summed E-state index contributed by atoms with van der Waals surface area (Å²) in [5, 5.41) is 43.3. The number of piperidine rings is 1. The van der Waals surface area contributed by atoms with Gasteiger partial charge < -0.3 is 25.7 Å². The van der Waals surface area contributed by atoms with E-state index in [1.54, 1.807) is 0 Å². The first-order valence-electron chi connectivity index (χ1n) is 12.4. The lowest BCUT2D eigenvalue weighted by molar-refractivity contribution is -0.154. The third-order valence-electron chi connectivity index (χ3n) is 7.49. The first kappa shape index (κ1) is 26.5. The molecule has 0 aromatic rings. The molecule has 1 saturated heterocycles. The second-order valence-electron chi connectivity index (χ2n) is 10.4. The number of nitrogens with zero attached hydrogens (tertiary/aromatic N) is 1. The molecule has 0 aromatic heterocycles.